The van der Waals surface area contributed by atoms with E-state index in [1.807, 2.05) is 0 Å². The van der Waals surface area contributed by atoms with Gasteiger partial charge in [0.2, 0.25) is 0 Å². The van der Waals surface area contributed by atoms with Crippen molar-refractivity contribution in [1.29, 1.82) is 0 Å². The zero-order valence-corrected chi connectivity index (χ0v) is 12.8. The molecular weight excluding hydrogens is 302 g/mol. The molecule has 4 rings (SSSR count). The number of hydrogen-bond donors (Lipinski definition) is 3. The Morgan fingerprint density at radius 1 is 1.32 bits per heavy atom. The predicted octanol–water partition coefficient (Wildman–Crippen LogP) is 2.46. The number of nitrogens with one attached hydrogen (secondary N) is 3. The monoisotopic (exact) mass is 319 g/mol. The maximum atomic E-state index is 12.5. The van der Waals surface area contributed by atoms with Crippen molar-refractivity contribution in [1.82, 2.24) is 16.2 Å². The summed E-state index contributed by atoms with van der Waals surface area (Å²) in [7, 11) is 0. The highest BCUT2D eigenvalue weighted by Gasteiger charge is 2.37. The van der Waals surface area contributed by atoms with Crippen molar-refractivity contribution >= 4 is 28.5 Å². The van der Waals surface area contributed by atoms with Gasteiger partial charge in [-0.3, -0.25) is 15.6 Å². The van der Waals surface area contributed by atoms with Crippen LogP contribution < -0.4 is 16.2 Å². The third-order valence-corrected chi connectivity index (χ3v) is 4.92. The standard InChI is InChI=1S/C16H18ClN3O2/c17-11-4-5-13-10(6-11)7-14(22-13)16(21)19-12-3-1-2-9-8-18-20-15(9)12/h4-7,9,12,15,18,20H,1-3,8H2,(H,19,21). The van der Waals surface area contributed by atoms with Gasteiger partial charge >= 0.3 is 0 Å². The molecule has 6 heteroatoms. The number of halogens is 1. The first-order chi connectivity index (χ1) is 10.7. The second-order valence-electron chi connectivity index (χ2n) is 6.11. The van der Waals surface area contributed by atoms with E-state index in [1.54, 1.807) is 24.3 Å². The minimum atomic E-state index is -0.160. The molecule has 1 aliphatic heterocycles. The van der Waals surface area contributed by atoms with Gasteiger partial charge in [0.05, 0.1) is 0 Å². The second kappa shape index (κ2) is 5.57. The van der Waals surface area contributed by atoms with Crippen LogP contribution in [0.4, 0.5) is 0 Å². The summed E-state index contributed by atoms with van der Waals surface area (Å²) in [6.45, 7) is 0.972. The molecule has 2 fully saturated rings. The summed E-state index contributed by atoms with van der Waals surface area (Å²) < 4.78 is 5.63. The average molecular weight is 320 g/mol. The highest BCUT2D eigenvalue weighted by molar-refractivity contribution is 6.31. The molecule has 1 saturated carbocycles. The van der Waals surface area contributed by atoms with Crippen LogP contribution in [0.2, 0.25) is 5.02 Å². The van der Waals surface area contributed by atoms with Gasteiger partial charge in [0, 0.05) is 29.0 Å². The van der Waals surface area contributed by atoms with Crippen LogP contribution in [0.15, 0.2) is 28.7 Å². The van der Waals surface area contributed by atoms with Crippen LogP contribution >= 0.6 is 11.6 Å². The SMILES string of the molecule is O=C(NC1CCCC2CNNC21)c1cc2cc(Cl)ccc2o1. The van der Waals surface area contributed by atoms with Crippen molar-refractivity contribution in [3.8, 4) is 0 Å². The molecule has 2 aromatic rings. The number of fused-ring (bicyclic) bond motifs is 2. The van der Waals surface area contributed by atoms with Gasteiger partial charge in [-0.05, 0) is 43.0 Å². The number of hydrazine groups is 1. The minimum Gasteiger partial charge on any atom is -0.451 e. The largest absolute Gasteiger partial charge is 0.451 e. The molecule has 1 aromatic heterocycles. The fourth-order valence-corrected chi connectivity index (χ4v) is 3.75. The van der Waals surface area contributed by atoms with E-state index in [-0.39, 0.29) is 11.9 Å². The number of carbonyl (C=O) groups is 1. The summed E-state index contributed by atoms with van der Waals surface area (Å²) in [5, 5.41) is 4.60. The van der Waals surface area contributed by atoms with Crippen molar-refractivity contribution in [2.75, 3.05) is 6.54 Å². The number of furan rings is 1. The number of hydrogen-bond acceptors (Lipinski definition) is 4. The maximum absolute atomic E-state index is 12.5. The third-order valence-electron chi connectivity index (χ3n) is 4.68. The van der Waals surface area contributed by atoms with Crippen LogP contribution in [0.5, 0.6) is 0 Å². The van der Waals surface area contributed by atoms with Crippen LogP contribution in [-0.4, -0.2) is 24.5 Å². The lowest BCUT2D eigenvalue weighted by molar-refractivity contribution is 0.0884. The first kappa shape index (κ1) is 14.1. The van der Waals surface area contributed by atoms with Gasteiger partial charge in [0.1, 0.15) is 5.58 Å². The Morgan fingerprint density at radius 3 is 3.14 bits per heavy atom. The molecule has 1 saturated heterocycles. The Hall–Kier alpha value is -1.56. The van der Waals surface area contributed by atoms with Crippen molar-refractivity contribution in [3.63, 3.8) is 0 Å². The van der Waals surface area contributed by atoms with Gasteiger partial charge in [0.25, 0.3) is 5.91 Å². The zero-order valence-electron chi connectivity index (χ0n) is 12.1. The summed E-state index contributed by atoms with van der Waals surface area (Å²) in [6, 6.07) is 7.53. The predicted molar refractivity (Wildman–Crippen MR) is 84.7 cm³/mol. The summed E-state index contributed by atoms with van der Waals surface area (Å²) in [5.41, 5.74) is 7.16. The topological polar surface area (TPSA) is 66.3 Å². The van der Waals surface area contributed by atoms with Crippen molar-refractivity contribution in [3.05, 3.63) is 35.0 Å². The summed E-state index contributed by atoms with van der Waals surface area (Å²) in [6.07, 6.45) is 3.35. The fourth-order valence-electron chi connectivity index (χ4n) is 3.57. The maximum Gasteiger partial charge on any atom is 0.287 e. The molecule has 3 N–H and O–H groups in total. The summed E-state index contributed by atoms with van der Waals surface area (Å²) >= 11 is 5.97. The van der Waals surface area contributed by atoms with Gasteiger partial charge in [-0.1, -0.05) is 18.0 Å². The van der Waals surface area contributed by atoms with Crippen molar-refractivity contribution in [2.45, 2.75) is 31.3 Å². The molecule has 0 radical (unpaired) electrons. The lowest BCUT2D eigenvalue weighted by Crippen LogP contribution is -2.52. The lowest BCUT2D eigenvalue weighted by atomic mass is 9.82. The Morgan fingerprint density at radius 2 is 2.23 bits per heavy atom. The van der Waals surface area contributed by atoms with E-state index in [2.05, 4.69) is 16.2 Å². The van der Waals surface area contributed by atoms with Crippen LogP contribution in [-0.2, 0) is 0 Å². The number of benzene rings is 1. The highest BCUT2D eigenvalue weighted by Crippen LogP contribution is 2.27. The molecule has 2 aliphatic rings. The molecule has 0 spiro atoms. The van der Waals surface area contributed by atoms with Gasteiger partial charge in [-0.25, -0.2) is 0 Å². The zero-order chi connectivity index (χ0) is 15.1. The third kappa shape index (κ3) is 2.49. The molecule has 3 unspecified atom stereocenters. The van der Waals surface area contributed by atoms with E-state index < -0.39 is 0 Å². The van der Waals surface area contributed by atoms with Gasteiger partial charge in [-0.15, -0.1) is 0 Å². The van der Waals surface area contributed by atoms with Gasteiger partial charge < -0.3 is 9.73 Å². The molecule has 116 valence electrons. The quantitative estimate of drug-likeness (QED) is 0.795. The average Bonchev–Trinajstić information content (AvgIpc) is 3.13. The molecule has 1 aliphatic carbocycles. The number of amides is 1. The normalized spacial score (nSPS) is 27.8. The molecule has 5 nitrogen and oxygen atoms in total. The molecule has 2 heterocycles. The van der Waals surface area contributed by atoms with E-state index >= 15 is 0 Å². The summed E-state index contributed by atoms with van der Waals surface area (Å²) in [4.78, 5) is 12.5. The van der Waals surface area contributed by atoms with E-state index in [0.717, 1.165) is 24.8 Å². The second-order valence-corrected chi connectivity index (χ2v) is 6.55. The van der Waals surface area contributed by atoms with E-state index in [9.17, 15) is 4.79 Å². The van der Waals surface area contributed by atoms with Crippen LogP contribution in [0, 0.1) is 5.92 Å². The smallest absolute Gasteiger partial charge is 0.287 e. The molecular formula is C16H18ClN3O2. The molecule has 22 heavy (non-hydrogen) atoms. The molecule has 0 bridgehead atoms. The van der Waals surface area contributed by atoms with Gasteiger partial charge in [0.15, 0.2) is 5.76 Å². The molecule has 1 aromatic carbocycles. The van der Waals surface area contributed by atoms with E-state index in [4.69, 9.17) is 16.0 Å². The Labute approximate surface area is 133 Å². The van der Waals surface area contributed by atoms with Gasteiger partial charge in [-0.2, -0.15) is 0 Å². The van der Waals surface area contributed by atoms with E-state index in [1.165, 1.54) is 6.42 Å². The fraction of sp³-hybridized carbons (Fsp3) is 0.438. The molecule has 3 atom stereocenters. The van der Waals surface area contributed by atoms with Crippen molar-refractivity contribution < 1.29 is 9.21 Å². The lowest BCUT2D eigenvalue weighted by Gasteiger charge is -2.33. The van der Waals surface area contributed by atoms with Crippen LogP contribution in [0.3, 0.4) is 0 Å². The van der Waals surface area contributed by atoms with Crippen LogP contribution in [0.25, 0.3) is 11.0 Å². The number of carbonyl (C=O) groups excluding carboxylic acids is 1. The Bertz CT molecular complexity index is 714. The number of rotatable bonds is 2. The Kier molecular flexibility index (Phi) is 3.56. The molecule has 1 amide bonds. The first-order valence-electron chi connectivity index (χ1n) is 7.69. The Balaban J connectivity index is 1.53. The van der Waals surface area contributed by atoms with Crippen LogP contribution in [0.1, 0.15) is 29.8 Å². The summed E-state index contributed by atoms with van der Waals surface area (Å²) in [5.74, 6) is 0.769. The first-order valence-corrected chi connectivity index (χ1v) is 8.07. The van der Waals surface area contributed by atoms with Crippen molar-refractivity contribution in [2.24, 2.45) is 5.92 Å². The van der Waals surface area contributed by atoms with E-state index in [0.29, 0.717) is 28.3 Å². The minimum absolute atomic E-state index is 0.137. The highest BCUT2D eigenvalue weighted by atomic mass is 35.5.